The van der Waals surface area contributed by atoms with Crippen LogP contribution in [0.4, 0.5) is 0 Å². The van der Waals surface area contributed by atoms with Crippen molar-refractivity contribution in [2.75, 3.05) is 0 Å². The molecule has 0 heterocycles. The molecule has 0 radical (unpaired) electrons. The van der Waals surface area contributed by atoms with Gasteiger partial charge in [-0.05, 0) is 13.8 Å². The zero-order chi connectivity index (χ0) is 20.4. The van der Waals surface area contributed by atoms with Gasteiger partial charge in [0.05, 0.1) is 0 Å². The van der Waals surface area contributed by atoms with Crippen molar-refractivity contribution < 1.29 is 0 Å². The minimum Gasteiger partial charge on any atom is -0.350 e. The van der Waals surface area contributed by atoms with Gasteiger partial charge in [-0.1, -0.05) is 78.6 Å². The van der Waals surface area contributed by atoms with Crippen molar-refractivity contribution in [3.05, 3.63) is 0 Å². The lowest BCUT2D eigenvalue weighted by Gasteiger charge is -2.42. The van der Waals surface area contributed by atoms with Crippen molar-refractivity contribution in [1.29, 1.82) is 0 Å². The monoisotopic (exact) mass is 416 g/mol. The lowest BCUT2D eigenvalue weighted by atomic mass is 10.2. The van der Waals surface area contributed by atoms with Crippen LogP contribution in [0.5, 0.6) is 0 Å². The predicted molar refractivity (Wildman–Crippen MR) is 128 cm³/mol. The summed E-state index contributed by atoms with van der Waals surface area (Å²) < 4.78 is 4.99. The molecular formula is C17H44N4Si4. The third-order valence-corrected chi connectivity index (χ3v) is 17.1. The SMILES string of the molecule is CC(CC(C)=NN([Si](C)(C)C)[Si](C)(C)C)=NN([Si](C)(C)C)[Si](C)(C)C. The summed E-state index contributed by atoms with van der Waals surface area (Å²) in [7, 11) is -5.83. The zero-order valence-corrected chi connectivity index (χ0v) is 23.5. The second-order valence-corrected chi connectivity index (χ2v) is 31.1. The van der Waals surface area contributed by atoms with Crippen LogP contribution in [0, 0.1) is 0 Å². The van der Waals surface area contributed by atoms with Gasteiger partial charge in [-0.2, -0.15) is 0 Å². The molecule has 0 unspecified atom stereocenters. The molecule has 0 fully saturated rings. The van der Waals surface area contributed by atoms with Gasteiger partial charge in [0.15, 0.2) is 32.9 Å². The molecule has 0 saturated carbocycles. The second kappa shape index (κ2) is 8.22. The molecule has 0 spiro atoms. The second-order valence-electron chi connectivity index (χ2n) is 11.2. The minimum atomic E-state index is -1.46. The van der Waals surface area contributed by atoms with Crippen LogP contribution in [0.1, 0.15) is 20.3 Å². The van der Waals surface area contributed by atoms with Crippen LogP contribution in [0.3, 0.4) is 0 Å². The molecule has 0 aromatic heterocycles. The summed E-state index contributed by atoms with van der Waals surface area (Å²) >= 11 is 0. The predicted octanol–water partition coefficient (Wildman–Crippen LogP) is 6.07. The Morgan fingerprint density at radius 2 is 0.720 bits per heavy atom. The van der Waals surface area contributed by atoms with Gasteiger partial charge in [-0.15, -0.1) is 0 Å². The highest BCUT2D eigenvalue weighted by molar-refractivity contribution is 6.90. The van der Waals surface area contributed by atoms with E-state index in [9.17, 15) is 0 Å². The van der Waals surface area contributed by atoms with Crippen molar-refractivity contribution in [3.8, 4) is 0 Å². The number of rotatable bonds is 8. The Labute approximate surface area is 162 Å². The maximum atomic E-state index is 5.09. The van der Waals surface area contributed by atoms with Crippen molar-refractivity contribution in [2.24, 2.45) is 10.2 Å². The van der Waals surface area contributed by atoms with Gasteiger partial charge in [0.25, 0.3) is 0 Å². The largest absolute Gasteiger partial charge is 0.350 e. The van der Waals surface area contributed by atoms with E-state index in [1.54, 1.807) is 0 Å². The molecule has 0 aromatic carbocycles. The number of hydrogen-bond acceptors (Lipinski definition) is 4. The first-order valence-electron chi connectivity index (χ1n) is 9.45. The molecule has 0 aromatic rings. The lowest BCUT2D eigenvalue weighted by molar-refractivity contribution is 0.658. The first-order chi connectivity index (χ1) is 10.8. The molecule has 0 rings (SSSR count). The highest BCUT2D eigenvalue weighted by Crippen LogP contribution is 2.22. The highest BCUT2D eigenvalue weighted by atomic mass is 28.4. The Morgan fingerprint density at radius 3 is 0.880 bits per heavy atom. The number of nitrogens with zero attached hydrogens (tertiary/aromatic N) is 4. The summed E-state index contributed by atoms with van der Waals surface area (Å²) in [4.78, 5) is 0. The van der Waals surface area contributed by atoms with Crippen molar-refractivity contribution in [1.82, 2.24) is 8.68 Å². The maximum Gasteiger partial charge on any atom is 0.158 e. The third kappa shape index (κ3) is 8.83. The topological polar surface area (TPSA) is 31.2 Å². The van der Waals surface area contributed by atoms with E-state index in [0.29, 0.717) is 0 Å². The van der Waals surface area contributed by atoms with Gasteiger partial charge in [-0.25, -0.2) is 10.2 Å². The summed E-state index contributed by atoms with van der Waals surface area (Å²) in [5.41, 5.74) is 2.38. The molecule has 0 N–H and O–H groups in total. The van der Waals surface area contributed by atoms with Crippen molar-refractivity contribution >= 4 is 44.4 Å². The van der Waals surface area contributed by atoms with Crippen LogP contribution < -0.4 is 0 Å². The van der Waals surface area contributed by atoms with E-state index < -0.39 is 32.9 Å². The lowest BCUT2D eigenvalue weighted by Crippen LogP contribution is -2.56. The third-order valence-electron chi connectivity index (χ3n) is 3.59. The first-order valence-corrected chi connectivity index (χ1v) is 23.2. The van der Waals surface area contributed by atoms with Crippen LogP contribution in [0.15, 0.2) is 10.2 Å². The van der Waals surface area contributed by atoms with E-state index in [1.165, 1.54) is 11.4 Å². The van der Waals surface area contributed by atoms with Gasteiger partial charge < -0.3 is 8.68 Å². The zero-order valence-electron chi connectivity index (χ0n) is 19.5. The Bertz CT molecular complexity index is 429. The molecule has 0 aliphatic carbocycles. The number of hydrogen-bond donors (Lipinski definition) is 0. The number of hydrazone groups is 2. The Balaban J connectivity index is 5.55. The standard InChI is InChI=1S/C17H44N4Si4/c1-16(18-20(22(3,4)5)23(6,7)8)15-17(2)19-21(24(9,10)11)25(12,13)14/h15H2,1-14H3. The molecule has 0 aliphatic rings. The molecule has 148 valence electrons. The van der Waals surface area contributed by atoms with E-state index in [4.69, 9.17) is 10.2 Å². The van der Waals surface area contributed by atoms with Gasteiger partial charge in [0.2, 0.25) is 0 Å². The highest BCUT2D eigenvalue weighted by Gasteiger charge is 2.35. The van der Waals surface area contributed by atoms with Crippen LogP contribution in [0.25, 0.3) is 0 Å². The van der Waals surface area contributed by atoms with E-state index >= 15 is 0 Å². The summed E-state index contributed by atoms with van der Waals surface area (Å²) in [5, 5.41) is 10.2. The molecule has 0 bridgehead atoms. The van der Waals surface area contributed by atoms with E-state index in [-0.39, 0.29) is 0 Å². The normalized spacial score (nSPS) is 15.4. The van der Waals surface area contributed by atoms with Crippen LogP contribution in [-0.2, 0) is 0 Å². The van der Waals surface area contributed by atoms with E-state index in [1.807, 2.05) is 0 Å². The quantitative estimate of drug-likeness (QED) is 0.273. The fourth-order valence-corrected chi connectivity index (χ4v) is 21.4. The Hall–Kier alpha value is -0.192. The average molecular weight is 417 g/mol. The van der Waals surface area contributed by atoms with Gasteiger partial charge in [0, 0.05) is 17.8 Å². The van der Waals surface area contributed by atoms with Crippen LogP contribution in [0.2, 0.25) is 78.6 Å². The van der Waals surface area contributed by atoms with Crippen LogP contribution >= 0.6 is 0 Å². The summed E-state index contributed by atoms with van der Waals surface area (Å²) in [6, 6.07) is 0. The maximum absolute atomic E-state index is 5.09. The smallest absolute Gasteiger partial charge is 0.158 e. The first kappa shape index (κ1) is 24.8. The van der Waals surface area contributed by atoms with Gasteiger partial charge >= 0.3 is 0 Å². The molecule has 0 aliphatic heterocycles. The molecule has 4 nitrogen and oxygen atoms in total. The Morgan fingerprint density at radius 1 is 0.520 bits per heavy atom. The minimum absolute atomic E-state index is 0.872. The van der Waals surface area contributed by atoms with Gasteiger partial charge in [0.1, 0.15) is 0 Å². The van der Waals surface area contributed by atoms with Gasteiger partial charge in [-0.3, -0.25) is 0 Å². The molecular weight excluding hydrogens is 373 g/mol. The van der Waals surface area contributed by atoms with Crippen molar-refractivity contribution in [2.45, 2.75) is 98.8 Å². The average Bonchev–Trinajstić information content (AvgIpc) is 2.27. The van der Waals surface area contributed by atoms with Crippen molar-refractivity contribution in [3.63, 3.8) is 0 Å². The fraction of sp³-hybridized carbons (Fsp3) is 0.882. The summed E-state index contributed by atoms with van der Waals surface area (Å²) in [5.74, 6) is 0. The molecule has 8 heteroatoms. The summed E-state index contributed by atoms with van der Waals surface area (Å²) in [6.45, 7) is 33.0. The summed E-state index contributed by atoms with van der Waals surface area (Å²) in [6.07, 6.45) is 0.872. The molecule has 0 saturated heterocycles. The molecule has 0 amide bonds. The van der Waals surface area contributed by atoms with Crippen LogP contribution in [-0.4, -0.2) is 53.0 Å². The molecule has 25 heavy (non-hydrogen) atoms. The van der Waals surface area contributed by atoms with E-state index in [2.05, 4.69) is 101 Å². The van der Waals surface area contributed by atoms with E-state index in [0.717, 1.165) is 6.42 Å². The Kier molecular flexibility index (Phi) is 8.16. The molecule has 0 atom stereocenters. The fourth-order valence-electron chi connectivity index (χ4n) is 3.39.